The van der Waals surface area contributed by atoms with Crippen LogP contribution in [0.25, 0.3) is 22.6 Å². The van der Waals surface area contributed by atoms with E-state index in [0.29, 0.717) is 5.89 Å². The second-order valence-electron chi connectivity index (χ2n) is 7.81. The van der Waals surface area contributed by atoms with Crippen LogP contribution in [0.5, 0.6) is 0 Å². The van der Waals surface area contributed by atoms with Crippen LogP contribution in [0.2, 0.25) is 0 Å². The van der Waals surface area contributed by atoms with Crippen LogP contribution in [0.1, 0.15) is 31.9 Å². The summed E-state index contributed by atoms with van der Waals surface area (Å²) in [7, 11) is 0. The van der Waals surface area contributed by atoms with E-state index in [2.05, 4.69) is 70.9 Å². The summed E-state index contributed by atoms with van der Waals surface area (Å²) < 4.78 is 6.98. The quantitative estimate of drug-likeness (QED) is 0.318. The summed E-state index contributed by atoms with van der Waals surface area (Å²) >= 11 is 3.48. The first-order valence-electron chi connectivity index (χ1n) is 9.20. The van der Waals surface area contributed by atoms with E-state index in [1.807, 2.05) is 48.7 Å². The van der Waals surface area contributed by atoms with Gasteiger partial charge in [-0.2, -0.15) is 0 Å². The van der Waals surface area contributed by atoms with Crippen molar-refractivity contribution in [2.75, 3.05) is 0 Å². The van der Waals surface area contributed by atoms with Gasteiger partial charge in [-0.25, -0.2) is 4.98 Å². The van der Waals surface area contributed by atoms with Crippen molar-refractivity contribution >= 4 is 38.9 Å². The summed E-state index contributed by atoms with van der Waals surface area (Å²) in [4.78, 5) is 9.22. The summed E-state index contributed by atoms with van der Waals surface area (Å²) in [6, 6.07) is 22.2. The molecule has 1 aromatic heterocycles. The SMILES string of the molecule is CC(C)(C)c1ccc(-c2nc3cc(N=Cc4cccc(Br)c4)ccc3o2)cc1. The molecule has 0 atom stereocenters. The molecular weight excluding hydrogens is 412 g/mol. The zero-order valence-electron chi connectivity index (χ0n) is 16.1. The highest BCUT2D eigenvalue weighted by Gasteiger charge is 2.14. The number of aliphatic imine (C=N–C) groups is 1. The molecule has 4 rings (SSSR count). The van der Waals surface area contributed by atoms with E-state index < -0.39 is 0 Å². The maximum Gasteiger partial charge on any atom is 0.227 e. The molecule has 0 fully saturated rings. The Balaban J connectivity index is 1.61. The van der Waals surface area contributed by atoms with Gasteiger partial charge < -0.3 is 4.42 Å². The standard InChI is InChI=1S/C24H21BrN2O/c1-24(2,3)18-9-7-17(8-10-18)23-27-21-14-20(11-12-22(21)28-23)26-15-16-5-4-6-19(25)13-16/h4-15H,1-3H3. The van der Waals surface area contributed by atoms with Crippen molar-refractivity contribution in [2.24, 2.45) is 4.99 Å². The molecule has 3 nitrogen and oxygen atoms in total. The van der Waals surface area contributed by atoms with Gasteiger partial charge in [0, 0.05) is 16.3 Å². The van der Waals surface area contributed by atoms with Gasteiger partial charge in [0.1, 0.15) is 5.52 Å². The zero-order valence-corrected chi connectivity index (χ0v) is 17.7. The number of halogens is 1. The fourth-order valence-corrected chi connectivity index (χ4v) is 3.39. The molecule has 0 amide bonds. The van der Waals surface area contributed by atoms with Crippen LogP contribution in [-0.2, 0) is 5.41 Å². The highest BCUT2D eigenvalue weighted by molar-refractivity contribution is 9.10. The number of nitrogens with zero attached hydrogens (tertiary/aromatic N) is 2. The summed E-state index contributed by atoms with van der Waals surface area (Å²) in [5.74, 6) is 0.628. The molecule has 3 aromatic carbocycles. The molecule has 1 heterocycles. The highest BCUT2D eigenvalue weighted by atomic mass is 79.9. The smallest absolute Gasteiger partial charge is 0.227 e. The maximum atomic E-state index is 5.94. The van der Waals surface area contributed by atoms with E-state index in [4.69, 9.17) is 4.42 Å². The fraction of sp³-hybridized carbons (Fsp3) is 0.167. The van der Waals surface area contributed by atoms with E-state index >= 15 is 0 Å². The molecule has 0 radical (unpaired) electrons. The number of benzene rings is 3. The Labute approximate surface area is 173 Å². The van der Waals surface area contributed by atoms with Crippen molar-refractivity contribution < 1.29 is 4.42 Å². The largest absolute Gasteiger partial charge is 0.436 e. The van der Waals surface area contributed by atoms with Gasteiger partial charge in [0.2, 0.25) is 5.89 Å². The summed E-state index contributed by atoms with van der Waals surface area (Å²) in [6.07, 6.45) is 1.85. The van der Waals surface area contributed by atoms with Gasteiger partial charge in [-0.05, 0) is 59.0 Å². The summed E-state index contributed by atoms with van der Waals surface area (Å²) in [5, 5.41) is 0. The predicted molar refractivity (Wildman–Crippen MR) is 120 cm³/mol. The first-order chi connectivity index (χ1) is 13.4. The Hall–Kier alpha value is -2.72. The van der Waals surface area contributed by atoms with E-state index in [1.165, 1.54) is 5.56 Å². The lowest BCUT2D eigenvalue weighted by atomic mass is 9.87. The molecule has 0 saturated heterocycles. The van der Waals surface area contributed by atoms with Gasteiger partial charge in [-0.3, -0.25) is 4.99 Å². The van der Waals surface area contributed by atoms with Gasteiger partial charge >= 0.3 is 0 Å². The van der Waals surface area contributed by atoms with E-state index in [-0.39, 0.29) is 5.41 Å². The highest BCUT2D eigenvalue weighted by Crippen LogP contribution is 2.29. The second-order valence-corrected chi connectivity index (χ2v) is 8.73. The van der Waals surface area contributed by atoms with Crippen LogP contribution < -0.4 is 0 Å². The van der Waals surface area contributed by atoms with Crippen LogP contribution in [0.4, 0.5) is 5.69 Å². The number of hydrogen-bond acceptors (Lipinski definition) is 3. The van der Waals surface area contributed by atoms with E-state index in [0.717, 1.165) is 32.4 Å². The lowest BCUT2D eigenvalue weighted by Crippen LogP contribution is -2.10. The molecule has 28 heavy (non-hydrogen) atoms. The zero-order chi connectivity index (χ0) is 19.7. The van der Waals surface area contributed by atoms with Crippen LogP contribution in [-0.4, -0.2) is 11.2 Å². The first-order valence-corrected chi connectivity index (χ1v) is 9.99. The molecule has 4 aromatic rings. The Morgan fingerprint density at radius 1 is 0.964 bits per heavy atom. The lowest BCUT2D eigenvalue weighted by Gasteiger charge is -2.18. The Morgan fingerprint density at radius 2 is 1.75 bits per heavy atom. The normalized spacial score (nSPS) is 12.1. The summed E-state index contributed by atoms with van der Waals surface area (Å²) in [5.41, 5.74) is 5.83. The van der Waals surface area contributed by atoms with Crippen LogP contribution >= 0.6 is 15.9 Å². The van der Waals surface area contributed by atoms with Crippen molar-refractivity contribution in [2.45, 2.75) is 26.2 Å². The van der Waals surface area contributed by atoms with Crippen LogP contribution in [0.15, 0.2) is 80.6 Å². The third kappa shape index (κ3) is 4.07. The van der Waals surface area contributed by atoms with Crippen molar-refractivity contribution in [3.05, 3.63) is 82.3 Å². The molecule has 0 aliphatic heterocycles. The molecule has 140 valence electrons. The molecule has 0 spiro atoms. The molecule has 0 unspecified atom stereocenters. The average molecular weight is 433 g/mol. The Kier molecular flexibility index (Phi) is 4.90. The number of oxazole rings is 1. The van der Waals surface area contributed by atoms with Crippen LogP contribution in [0.3, 0.4) is 0 Å². The summed E-state index contributed by atoms with van der Waals surface area (Å²) in [6.45, 7) is 6.62. The van der Waals surface area contributed by atoms with E-state index in [9.17, 15) is 0 Å². The number of fused-ring (bicyclic) bond motifs is 1. The van der Waals surface area contributed by atoms with Gasteiger partial charge in [0.25, 0.3) is 0 Å². The molecule has 0 bridgehead atoms. The Morgan fingerprint density at radius 3 is 2.46 bits per heavy atom. The van der Waals surface area contributed by atoms with Crippen molar-refractivity contribution in [1.82, 2.24) is 4.98 Å². The first kappa shape index (κ1) is 18.6. The maximum absolute atomic E-state index is 5.94. The van der Waals surface area contributed by atoms with Gasteiger partial charge in [-0.15, -0.1) is 0 Å². The number of rotatable bonds is 3. The fourth-order valence-electron chi connectivity index (χ4n) is 2.97. The molecule has 4 heteroatoms. The van der Waals surface area contributed by atoms with Crippen LogP contribution in [0, 0.1) is 0 Å². The molecule has 0 aliphatic rings. The van der Waals surface area contributed by atoms with E-state index in [1.54, 1.807) is 0 Å². The molecule has 0 aliphatic carbocycles. The van der Waals surface area contributed by atoms with Gasteiger partial charge in [-0.1, -0.05) is 61.0 Å². The number of hydrogen-bond donors (Lipinski definition) is 0. The Bertz CT molecular complexity index is 1150. The second kappa shape index (κ2) is 7.36. The third-order valence-electron chi connectivity index (χ3n) is 4.58. The van der Waals surface area contributed by atoms with Crippen molar-refractivity contribution in [3.8, 4) is 11.5 Å². The topological polar surface area (TPSA) is 38.4 Å². The van der Waals surface area contributed by atoms with Gasteiger partial charge in [0.15, 0.2) is 5.58 Å². The minimum atomic E-state index is 0.126. The number of aromatic nitrogens is 1. The van der Waals surface area contributed by atoms with Gasteiger partial charge in [0.05, 0.1) is 5.69 Å². The average Bonchev–Trinajstić information content (AvgIpc) is 3.09. The molecular formula is C24H21BrN2O. The predicted octanol–water partition coefficient (Wildman–Crippen LogP) is 7.31. The van der Waals surface area contributed by atoms with Crippen molar-refractivity contribution in [3.63, 3.8) is 0 Å². The molecule has 0 saturated carbocycles. The monoisotopic (exact) mass is 432 g/mol. The lowest BCUT2D eigenvalue weighted by molar-refractivity contribution is 0.589. The minimum Gasteiger partial charge on any atom is -0.436 e. The minimum absolute atomic E-state index is 0.126. The third-order valence-corrected chi connectivity index (χ3v) is 5.07. The van der Waals surface area contributed by atoms with Crippen molar-refractivity contribution in [1.29, 1.82) is 0 Å². The molecule has 0 N–H and O–H groups in total.